The van der Waals surface area contributed by atoms with Gasteiger partial charge in [-0.25, -0.2) is 13.6 Å². The van der Waals surface area contributed by atoms with Gasteiger partial charge >= 0.3 is 0 Å². The summed E-state index contributed by atoms with van der Waals surface area (Å²) in [5.41, 5.74) is 2.40. The minimum absolute atomic E-state index is 0.263. The fraction of sp³-hybridized carbons (Fsp3) is 0.333. The summed E-state index contributed by atoms with van der Waals surface area (Å²) in [5, 5.41) is 16.3. The van der Waals surface area contributed by atoms with Crippen molar-refractivity contribution >= 4 is 21.4 Å². The van der Waals surface area contributed by atoms with Crippen LogP contribution < -0.4 is 14.8 Å². The lowest BCUT2D eigenvalue weighted by Gasteiger charge is -2.31. The Morgan fingerprint density at radius 2 is 2.00 bits per heavy atom. The lowest BCUT2D eigenvalue weighted by Crippen LogP contribution is -2.30. The van der Waals surface area contributed by atoms with E-state index >= 15 is 0 Å². The molecule has 0 radical (unpaired) electrons. The molecule has 144 valence electrons. The van der Waals surface area contributed by atoms with Gasteiger partial charge in [0.15, 0.2) is 0 Å². The molecular formula is C18H21N3O5S. The van der Waals surface area contributed by atoms with Crippen LogP contribution in [0.5, 0.6) is 5.75 Å². The SMILES string of the molecule is CCCOc1ccc2c(c1)CCN(c1cc([N+](=O)[O-])cc(S(N)(=O)=O)c1)C2. The average Bonchev–Trinajstić information content (AvgIpc) is 2.64. The van der Waals surface area contributed by atoms with Crippen LogP contribution in [0.15, 0.2) is 41.3 Å². The molecule has 0 aliphatic carbocycles. The van der Waals surface area contributed by atoms with Gasteiger partial charge in [0.1, 0.15) is 5.75 Å². The van der Waals surface area contributed by atoms with Crippen molar-refractivity contribution in [3.8, 4) is 5.75 Å². The van der Waals surface area contributed by atoms with Crippen molar-refractivity contribution in [2.45, 2.75) is 31.2 Å². The van der Waals surface area contributed by atoms with Gasteiger partial charge in [-0.1, -0.05) is 13.0 Å². The van der Waals surface area contributed by atoms with Crippen molar-refractivity contribution in [2.24, 2.45) is 5.14 Å². The van der Waals surface area contributed by atoms with Crippen molar-refractivity contribution in [1.82, 2.24) is 0 Å². The lowest BCUT2D eigenvalue weighted by molar-refractivity contribution is -0.385. The summed E-state index contributed by atoms with van der Waals surface area (Å²) in [6, 6.07) is 9.63. The zero-order chi connectivity index (χ0) is 19.6. The number of fused-ring (bicyclic) bond motifs is 1. The van der Waals surface area contributed by atoms with Crippen LogP contribution in [-0.4, -0.2) is 26.5 Å². The predicted molar refractivity (Wildman–Crippen MR) is 101 cm³/mol. The number of ether oxygens (including phenoxy) is 1. The highest BCUT2D eigenvalue weighted by atomic mass is 32.2. The third kappa shape index (κ3) is 4.37. The number of nitrogens with two attached hydrogens (primary N) is 1. The summed E-state index contributed by atoms with van der Waals surface area (Å²) < 4.78 is 29.0. The molecule has 2 aromatic rings. The Kier molecular flexibility index (Phi) is 5.33. The summed E-state index contributed by atoms with van der Waals surface area (Å²) in [5.74, 6) is 0.830. The first kappa shape index (κ1) is 19.1. The molecule has 3 rings (SSSR count). The zero-order valence-corrected chi connectivity index (χ0v) is 15.7. The van der Waals surface area contributed by atoms with Crippen LogP contribution in [0, 0.1) is 10.1 Å². The van der Waals surface area contributed by atoms with E-state index in [0.29, 0.717) is 25.4 Å². The quantitative estimate of drug-likeness (QED) is 0.598. The predicted octanol–water partition coefficient (Wildman–Crippen LogP) is 2.59. The first-order valence-electron chi connectivity index (χ1n) is 8.60. The number of nitrogens with zero attached hydrogens (tertiary/aromatic N) is 2. The topological polar surface area (TPSA) is 116 Å². The minimum atomic E-state index is -4.04. The smallest absolute Gasteiger partial charge is 0.272 e. The molecule has 0 atom stereocenters. The highest BCUT2D eigenvalue weighted by molar-refractivity contribution is 7.89. The summed E-state index contributed by atoms with van der Waals surface area (Å²) >= 11 is 0. The van der Waals surface area contributed by atoms with Crippen LogP contribution in [0.4, 0.5) is 11.4 Å². The largest absolute Gasteiger partial charge is 0.494 e. The number of sulfonamides is 1. The number of hydrogen-bond donors (Lipinski definition) is 1. The maximum absolute atomic E-state index is 11.7. The van der Waals surface area contributed by atoms with E-state index in [1.165, 1.54) is 12.1 Å². The van der Waals surface area contributed by atoms with Crippen LogP contribution in [0.2, 0.25) is 0 Å². The minimum Gasteiger partial charge on any atom is -0.494 e. The zero-order valence-electron chi connectivity index (χ0n) is 14.9. The third-order valence-electron chi connectivity index (χ3n) is 4.44. The molecule has 0 fully saturated rings. The Balaban J connectivity index is 1.90. The summed E-state index contributed by atoms with van der Waals surface area (Å²) in [7, 11) is -4.04. The highest BCUT2D eigenvalue weighted by Gasteiger charge is 2.22. The fourth-order valence-corrected chi connectivity index (χ4v) is 3.65. The van der Waals surface area contributed by atoms with Gasteiger partial charge in [-0.3, -0.25) is 10.1 Å². The molecule has 0 amide bonds. The molecule has 0 saturated heterocycles. The van der Waals surface area contributed by atoms with Gasteiger partial charge in [0, 0.05) is 30.9 Å². The molecule has 8 nitrogen and oxygen atoms in total. The number of primary sulfonamides is 1. The number of benzene rings is 2. The normalized spacial score (nSPS) is 13.9. The molecule has 9 heteroatoms. The molecular weight excluding hydrogens is 370 g/mol. The third-order valence-corrected chi connectivity index (χ3v) is 5.34. The maximum atomic E-state index is 11.7. The Bertz CT molecular complexity index is 975. The van der Waals surface area contributed by atoms with E-state index in [9.17, 15) is 18.5 Å². The molecule has 0 spiro atoms. The number of nitro benzene ring substituents is 1. The molecule has 0 saturated carbocycles. The molecule has 0 aromatic heterocycles. The number of anilines is 1. The molecule has 2 aromatic carbocycles. The Labute approximate surface area is 157 Å². The maximum Gasteiger partial charge on any atom is 0.272 e. The van der Waals surface area contributed by atoms with Crippen molar-refractivity contribution < 1.29 is 18.1 Å². The van der Waals surface area contributed by atoms with Crippen LogP contribution >= 0.6 is 0 Å². The van der Waals surface area contributed by atoms with Crippen LogP contribution in [0.25, 0.3) is 0 Å². The molecule has 1 aliphatic rings. The first-order valence-corrected chi connectivity index (χ1v) is 10.1. The summed E-state index contributed by atoms with van der Waals surface area (Å²) in [4.78, 5) is 12.2. The average molecular weight is 391 g/mol. The van der Waals surface area contributed by atoms with Crippen LogP contribution in [0.3, 0.4) is 0 Å². The van der Waals surface area contributed by atoms with Gasteiger partial charge in [0.2, 0.25) is 10.0 Å². The van der Waals surface area contributed by atoms with Gasteiger partial charge in [-0.15, -0.1) is 0 Å². The van der Waals surface area contributed by atoms with E-state index in [1.807, 2.05) is 30.0 Å². The molecule has 27 heavy (non-hydrogen) atoms. The van der Waals surface area contributed by atoms with Gasteiger partial charge in [-0.2, -0.15) is 0 Å². The van der Waals surface area contributed by atoms with Crippen molar-refractivity contribution in [1.29, 1.82) is 0 Å². The number of hydrogen-bond acceptors (Lipinski definition) is 6. The summed E-state index contributed by atoms with van der Waals surface area (Å²) in [6.45, 7) is 3.84. The molecule has 1 aliphatic heterocycles. The second-order valence-electron chi connectivity index (χ2n) is 6.44. The number of rotatable bonds is 6. The fourth-order valence-electron chi connectivity index (χ4n) is 3.08. The number of non-ortho nitro benzene ring substituents is 1. The molecule has 0 unspecified atom stereocenters. The van der Waals surface area contributed by atoms with Crippen LogP contribution in [-0.2, 0) is 23.0 Å². The molecule has 0 bridgehead atoms. The van der Waals surface area contributed by atoms with Crippen molar-refractivity contribution in [3.05, 3.63) is 57.6 Å². The monoisotopic (exact) mass is 391 g/mol. The molecule has 1 heterocycles. The van der Waals surface area contributed by atoms with Crippen molar-refractivity contribution in [2.75, 3.05) is 18.1 Å². The summed E-state index contributed by atoms with van der Waals surface area (Å²) in [6.07, 6.45) is 1.66. The van der Waals surface area contributed by atoms with Crippen LogP contribution in [0.1, 0.15) is 24.5 Å². The van der Waals surface area contributed by atoms with E-state index in [0.717, 1.165) is 35.8 Å². The first-order chi connectivity index (χ1) is 12.8. The second-order valence-corrected chi connectivity index (χ2v) is 8.00. The lowest BCUT2D eigenvalue weighted by atomic mass is 9.99. The number of nitro groups is 1. The van der Waals surface area contributed by atoms with Gasteiger partial charge in [0.05, 0.1) is 16.4 Å². The Hall–Kier alpha value is -2.65. The van der Waals surface area contributed by atoms with Gasteiger partial charge in [0.25, 0.3) is 5.69 Å². The standard InChI is InChI=1S/C18H21N3O5S/c1-2-7-26-17-4-3-14-12-20(6-5-13(14)8-17)15-9-16(21(22)23)11-18(10-15)27(19,24)25/h3-4,8-11H,2,5-7,12H2,1H3,(H2,19,24,25). The Morgan fingerprint density at radius 1 is 1.22 bits per heavy atom. The van der Waals surface area contributed by atoms with E-state index in [4.69, 9.17) is 9.88 Å². The Morgan fingerprint density at radius 3 is 2.67 bits per heavy atom. The van der Waals surface area contributed by atoms with Gasteiger partial charge < -0.3 is 9.64 Å². The van der Waals surface area contributed by atoms with E-state index in [1.54, 1.807) is 0 Å². The molecule has 2 N–H and O–H groups in total. The van der Waals surface area contributed by atoms with E-state index < -0.39 is 14.9 Å². The van der Waals surface area contributed by atoms with E-state index in [-0.39, 0.29) is 10.6 Å². The highest BCUT2D eigenvalue weighted by Crippen LogP contribution is 2.31. The van der Waals surface area contributed by atoms with Crippen molar-refractivity contribution in [3.63, 3.8) is 0 Å². The van der Waals surface area contributed by atoms with Gasteiger partial charge in [-0.05, 0) is 42.2 Å². The van der Waals surface area contributed by atoms with E-state index in [2.05, 4.69) is 0 Å². The second kappa shape index (κ2) is 7.53.